The van der Waals surface area contributed by atoms with Crippen LogP contribution >= 0.6 is 11.3 Å². The van der Waals surface area contributed by atoms with E-state index in [1.165, 1.54) is 10.8 Å². The minimum Gasteiger partial charge on any atom is -0.391 e. The molecule has 1 saturated heterocycles. The average Bonchev–Trinajstić information content (AvgIpc) is 3.11. The van der Waals surface area contributed by atoms with E-state index in [2.05, 4.69) is 46.6 Å². The highest BCUT2D eigenvalue weighted by Gasteiger charge is 2.16. The van der Waals surface area contributed by atoms with Gasteiger partial charge < -0.3 is 15.3 Å². The Morgan fingerprint density at radius 1 is 1.13 bits per heavy atom. The van der Waals surface area contributed by atoms with E-state index in [9.17, 15) is 5.11 Å². The number of rotatable bonds is 3. The van der Waals surface area contributed by atoms with Gasteiger partial charge in [-0.3, -0.25) is 0 Å². The molecule has 3 aromatic rings. The van der Waals surface area contributed by atoms with Gasteiger partial charge in [0.2, 0.25) is 0 Å². The van der Waals surface area contributed by atoms with Crippen LogP contribution in [0, 0.1) is 0 Å². The number of hydrogen-bond acceptors (Lipinski definition) is 5. The second-order valence-corrected chi connectivity index (χ2v) is 6.88. The molecule has 0 spiro atoms. The van der Waals surface area contributed by atoms with E-state index in [1.807, 2.05) is 6.07 Å². The standard InChI is InChI=1S/C18H19N3OS/c22-12-14-5-6-17(23-14)16-11-13-3-1-2-4-15(13)18(20-16)21-9-7-19-8-10-21/h1-6,11,19,22H,7-10,12H2. The summed E-state index contributed by atoms with van der Waals surface area (Å²) in [6.45, 7) is 4.03. The Kier molecular flexibility index (Phi) is 3.99. The molecule has 118 valence electrons. The number of benzene rings is 1. The molecule has 0 unspecified atom stereocenters. The number of pyridine rings is 1. The highest BCUT2D eigenvalue weighted by Crippen LogP contribution is 2.33. The smallest absolute Gasteiger partial charge is 0.137 e. The first-order valence-electron chi connectivity index (χ1n) is 7.90. The number of nitrogens with one attached hydrogen (secondary N) is 1. The molecule has 23 heavy (non-hydrogen) atoms. The summed E-state index contributed by atoms with van der Waals surface area (Å²) in [7, 11) is 0. The summed E-state index contributed by atoms with van der Waals surface area (Å²) in [5.74, 6) is 1.07. The summed E-state index contributed by atoms with van der Waals surface area (Å²) >= 11 is 1.61. The van der Waals surface area contributed by atoms with E-state index in [-0.39, 0.29) is 6.61 Å². The molecule has 1 aliphatic rings. The van der Waals surface area contributed by atoms with Gasteiger partial charge in [-0.05, 0) is 23.6 Å². The Hall–Kier alpha value is -1.95. The number of nitrogens with zero attached hydrogens (tertiary/aromatic N) is 2. The van der Waals surface area contributed by atoms with Gasteiger partial charge in [0, 0.05) is 36.4 Å². The summed E-state index contributed by atoms with van der Waals surface area (Å²) in [5, 5.41) is 15.1. The predicted molar refractivity (Wildman–Crippen MR) is 96.1 cm³/mol. The van der Waals surface area contributed by atoms with Crippen LogP contribution < -0.4 is 10.2 Å². The van der Waals surface area contributed by atoms with Crippen molar-refractivity contribution in [3.63, 3.8) is 0 Å². The van der Waals surface area contributed by atoms with Gasteiger partial charge in [0.15, 0.2) is 0 Å². The highest BCUT2D eigenvalue weighted by atomic mass is 32.1. The lowest BCUT2D eigenvalue weighted by Crippen LogP contribution is -2.44. The SMILES string of the molecule is OCc1ccc(-c2cc3ccccc3c(N3CCNCC3)n2)s1. The third kappa shape index (κ3) is 2.83. The van der Waals surface area contributed by atoms with Gasteiger partial charge in [0.1, 0.15) is 5.82 Å². The summed E-state index contributed by atoms with van der Waals surface area (Å²) in [5.41, 5.74) is 0.988. The van der Waals surface area contributed by atoms with Crippen LogP contribution in [0.15, 0.2) is 42.5 Å². The molecule has 5 heteroatoms. The molecule has 0 radical (unpaired) electrons. The fourth-order valence-electron chi connectivity index (χ4n) is 3.02. The van der Waals surface area contributed by atoms with Crippen LogP contribution in [0.2, 0.25) is 0 Å². The maximum Gasteiger partial charge on any atom is 0.137 e. The van der Waals surface area contributed by atoms with Gasteiger partial charge in [-0.2, -0.15) is 0 Å². The molecule has 3 heterocycles. The molecular weight excluding hydrogens is 306 g/mol. The van der Waals surface area contributed by atoms with E-state index in [1.54, 1.807) is 11.3 Å². The summed E-state index contributed by atoms with van der Waals surface area (Å²) in [6.07, 6.45) is 0. The first-order valence-corrected chi connectivity index (χ1v) is 8.72. The number of hydrogen-bond donors (Lipinski definition) is 2. The van der Waals surface area contributed by atoms with Gasteiger partial charge in [-0.1, -0.05) is 24.3 Å². The van der Waals surface area contributed by atoms with Crippen molar-refractivity contribution in [2.24, 2.45) is 0 Å². The van der Waals surface area contributed by atoms with Gasteiger partial charge in [0.25, 0.3) is 0 Å². The first-order chi connectivity index (χ1) is 11.3. The van der Waals surface area contributed by atoms with Gasteiger partial charge in [-0.25, -0.2) is 4.98 Å². The van der Waals surface area contributed by atoms with Crippen molar-refractivity contribution in [2.75, 3.05) is 31.1 Å². The third-order valence-corrected chi connectivity index (χ3v) is 5.30. The number of anilines is 1. The van der Waals surface area contributed by atoms with Crippen LogP contribution in [0.4, 0.5) is 5.82 Å². The van der Waals surface area contributed by atoms with Crippen molar-refractivity contribution in [3.8, 4) is 10.6 Å². The largest absolute Gasteiger partial charge is 0.391 e. The number of thiophene rings is 1. The van der Waals surface area contributed by atoms with Crippen LogP contribution in [0.5, 0.6) is 0 Å². The average molecular weight is 325 g/mol. The molecule has 2 N–H and O–H groups in total. The first kappa shape index (κ1) is 14.6. The van der Waals surface area contributed by atoms with Crippen molar-refractivity contribution >= 4 is 27.9 Å². The number of aliphatic hydroxyl groups excluding tert-OH is 1. The van der Waals surface area contributed by atoms with E-state index in [0.717, 1.165) is 47.4 Å². The molecule has 1 aliphatic heterocycles. The van der Waals surface area contributed by atoms with E-state index < -0.39 is 0 Å². The van der Waals surface area contributed by atoms with Gasteiger partial charge in [0.05, 0.1) is 17.2 Å². The molecular formula is C18H19N3OS. The third-order valence-electron chi connectivity index (χ3n) is 4.21. The molecule has 0 amide bonds. The number of aromatic nitrogens is 1. The summed E-state index contributed by atoms with van der Waals surface area (Å²) < 4.78 is 0. The maximum absolute atomic E-state index is 9.30. The van der Waals surface area contributed by atoms with Crippen LogP contribution in [-0.4, -0.2) is 36.3 Å². The van der Waals surface area contributed by atoms with E-state index >= 15 is 0 Å². The van der Waals surface area contributed by atoms with Crippen molar-refractivity contribution < 1.29 is 5.11 Å². The quantitative estimate of drug-likeness (QED) is 0.777. The Labute approximate surface area is 139 Å². The van der Waals surface area contributed by atoms with E-state index in [0.29, 0.717) is 0 Å². The number of piperazine rings is 1. The Morgan fingerprint density at radius 2 is 1.96 bits per heavy atom. The fourth-order valence-corrected chi connectivity index (χ4v) is 3.85. The molecule has 0 bridgehead atoms. The molecule has 2 aromatic heterocycles. The molecule has 4 nitrogen and oxygen atoms in total. The van der Waals surface area contributed by atoms with Crippen LogP contribution in [0.3, 0.4) is 0 Å². The monoisotopic (exact) mass is 325 g/mol. The van der Waals surface area contributed by atoms with E-state index in [4.69, 9.17) is 4.98 Å². The Balaban J connectivity index is 1.85. The molecule has 1 fully saturated rings. The minimum atomic E-state index is 0.0862. The molecule has 0 saturated carbocycles. The highest BCUT2D eigenvalue weighted by molar-refractivity contribution is 7.15. The van der Waals surface area contributed by atoms with Gasteiger partial charge >= 0.3 is 0 Å². The second kappa shape index (κ2) is 6.28. The fraction of sp³-hybridized carbons (Fsp3) is 0.278. The lowest BCUT2D eigenvalue weighted by molar-refractivity contribution is 0.285. The zero-order chi connectivity index (χ0) is 15.6. The molecule has 0 aliphatic carbocycles. The maximum atomic E-state index is 9.30. The Morgan fingerprint density at radius 3 is 2.74 bits per heavy atom. The predicted octanol–water partition coefficient (Wildman–Crippen LogP) is 2.87. The molecule has 0 atom stereocenters. The summed E-state index contributed by atoms with van der Waals surface area (Å²) in [6, 6.07) is 14.6. The zero-order valence-electron chi connectivity index (χ0n) is 12.8. The Bertz CT molecular complexity index is 824. The van der Waals surface area contributed by atoms with Gasteiger partial charge in [-0.15, -0.1) is 11.3 Å². The van der Waals surface area contributed by atoms with Crippen molar-refractivity contribution in [3.05, 3.63) is 47.3 Å². The lowest BCUT2D eigenvalue weighted by Gasteiger charge is -2.29. The molecule has 4 rings (SSSR count). The topological polar surface area (TPSA) is 48.4 Å². The number of aliphatic hydroxyl groups is 1. The van der Waals surface area contributed by atoms with Crippen molar-refractivity contribution in [2.45, 2.75) is 6.61 Å². The van der Waals surface area contributed by atoms with Crippen LogP contribution in [0.1, 0.15) is 4.88 Å². The number of fused-ring (bicyclic) bond motifs is 1. The van der Waals surface area contributed by atoms with Crippen molar-refractivity contribution in [1.82, 2.24) is 10.3 Å². The molecule has 1 aromatic carbocycles. The summed E-state index contributed by atoms with van der Waals surface area (Å²) in [4.78, 5) is 9.41. The second-order valence-electron chi connectivity index (χ2n) is 5.71. The normalized spacial score (nSPS) is 15.3. The van der Waals surface area contributed by atoms with Crippen molar-refractivity contribution in [1.29, 1.82) is 0 Å². The zero-order valence-corrected chi connectivity index (χ0v) is 13.6. The minimum absolute atomic E-state index is 0.0862. The van der Waals surface area contributed by atoms with Crippen LogP contribution in [-0.2, 0) is 6.61 Å². The lowest BCUT2D eigenvalue weighted by atomic mass is 10.1. The van der Waals surface area contributed by atoms with Crippen LogP contribution in [0.25, 0.3) is 21.3 Å².